The lowest BCUT2D eigenvalue weighted by molar-refractivity contribution is -0.126. The van der Waals surface area contributed by atoms with Crippen molar-refractivity contribution in [2.24, 2.45) is 11.8 Å². The summed E-state index contributed by atoms with van der Waals surface area (Å²) in [6, 6.07) is 0. The molecule has 1 heterocycles. The van der Waals surface area contributed by atoms with Gasteiger partial charge in [0.1, 0.15) is 0 Å². The van der Waals surface area contributed by atoms with Crippen LogP contribution in [0, 0.1) is 11.8 Å². The predicted molar refractivity (Wildman–Crippen MR) is 57.1 cm³/mol. The Hall–Kier alpha value is -0.610. The van der Waals surface area contributed by atoms with Crippen molar-refractivity contribution in [1.82, 2.24) is 15.5 Å². The lowest BCUT2D eigenvalue weighted by atomic mass is 9.88. The molecule has 1 amide bonds. The van der Waals surface area contributed by atoms with Crippen molar-refractivity contribution < 1.29 is 4.79 Å². The van der Waals surface area contributed by atoms with E-state index in [4.69, 9.17) is 0 Å². The standard InChI is InChI=1S/C10H21N3O/c1-8(9-6-11-7-9)10(14)12-4-5-13(2)3/h8-9,11H,4-7H2,1-3H3,(H,12,14). The zero-order valence-electron chi connectivity index (χ0n) is 9.34. The minimum atomic E-state index is 0.151. The Morgan fingerprint density at radius 2 is 2.21 bits per heavy atom. The molecule has 0 radical (unpaired) electrons. The molecule has 0 aromatic rings. The van der Waals surface area contributed by atoms with E-state index in [9.17, 15) is 4.79 Å². The Balaban J connectivity index is 2.13. The summed E-state index contributed by atoms with van der Waals surface area (Å²) in [7, 11) is 4.01. The molecule has 0 spiro atoms. The van der Waals surface area contributed by atoms with Crippen molar-refractivity contribution in [2.45, 2.75) is 6.92 Å². The van der Waals surface area contributed by atoms with Crippen LogP contribution in [0.3, 0.4) is 0 Å². The van der Waals surface area contributed by atoms with E-state index in [1.165, 1.54) is 0 Å². The van der Waals surface area contributed by atoms with Gasteiger partial charge in [0.05, 0.1) is 0 Å². The summed E-state index contributed by atoms with van der Waals surface area (Å²) < 4.78 is 0. The molecule has 2 N–H and O–H groups in total. The van der Waals surface area contributed by atoms with Crippen LogP contribution in [0.4, 0.5) is 0 Å². The van der Waals surface area contributed by atoms with Gasteiger partial charge in [0.2, 0.25) is 5.91 Å². The Labute approximate surface area is 86.0 Å². The second-order valence-corrected chi connectivity index (χ2v) is 4.30. The van der Waals surface area contributed by atoms with Gasteiger partial charge in [0.25, 0.3) is 0 Å². The fourth-order valence-corrected chi connectivity index (χ4v) is 1.44. The summed E-state index contributed by atoms with van der Waals surface area (Å²) in [6.07, 6.45) is 0. The van der Waals surface area contributed by atoms with Crippen LogP contribution in [-0.2, 0) is 4.79 Å². The average Bonchev–Trinajstić information content (AvgIpc) is 2.00. The maximum absolute atomic E-state index is 11.6. The lowest BCUT2D eigenvalue weighted by Crippen LogP contribution is -2.50. The molecule has 0 bridgehead atoms. The van der Waals surface area contributed by atoms with Crippen molar-refractivity contribution in [3.63, 3.8) is 0 Å². The highest BCUT2D eigenvalue weighted by molar-refractivity contribution is 5.78. The highest BCUT2D eigenvalue weighted by Crippen LogP contribution is 2.15. The van der Waals surface area contributed by atoms with Crippen LogP contribution in [0.1, 0.15) is 6.92 Å². The van der Waals surface area contributed by atoms with E-state index in [1.54, 1.807) is 0 Å². The molecule has 0 saturated carbocycles. The average molecular weight is 199 g/mol. The molecule has 1 aliphatic rings. The highest BCUT2D eigenvalue weighted by Gasteiger charge is 2.28. The van der Waals surface area contributed by atoms with Crippen LogP contribution in [-0.4, -0.2) is 51.1 Å². The molecule has 1 rings (SSSR count). The van der Waals surface area contributed by atoms with Gasteiger partial charge in [0, 0.05) is 19.0 Å². The van der Waals surface area contributed by atoms with Gasteiger partial charge in [-0.1, -0.05) is 6.92 Å². The number of nitrogens with zero attached hydrogens (tertiary/aromatic N) is 1. The molecule has 0 aliphatic carbocycles. The van der Waals surface area contributed by atoms with Crippen LogP contribution >= 0.6 is 0 Å². The normalized spacial score (nSPS) is 19.1. The van der Waals surface area contributed by atoms with Gasteiger partial charge in [-0.25, -0.2) is 0 Å². The summed E-state index contributed by atoms with van der Waals surface area (Å²) in [5.74, 6) is 0.881. The van der Waals surface area contributed by atoms with E-state index in [0.717, 1.165) is 26.2 Å². The third kappa shape index (κ3) is 3.27. The van der Waals surface area contributed by atoms with Gasteiger partial charge < -0.3 is 15.5 Å². The van der Waals surface area contributed by atoms with E-state index in [-0.39, 0.29) is 11.8 Å². The van der Waals surface area contributed by atoms with E-state index in [1.807, 2.05) is 21.0 Å². The Morgan fingerprint density at radius 1 is 1.57 bits per heavy atom. The van der Waals surface area contributed by atoms with Crippen molar-refractivity contribution in [3.8, 4) is 0 Å². The smallest absolute Gasteiger partial charge is 0.223 e. The number of likely N-dealkylation sites (N-methyl/N-ethyl adjacent to an activating group) is 1. The SMILES string of the molecule is CC(C(=O)NCCN(C)C)C1CNC1. The van der Waals surface area contributed by atoms with Gasteiger partial charge in [0.15, 0.2) is 0 Å². The second-order valence-electron chi connectivity index (χ2n) is 4.30. The fraction of sp³-hybridized carbons (Fsp3) is 0.900. The molecule has 1 aliphatic heterocycles. The van der Waals surface area contributed by atoms with E-state index >= 15 is 0 Å². The molecular formula is C10H21N3O. The summed E-state index contributed by atoms with van der Waals surface area (Å²) >= 11 is 0. The zero-order chi connectivity index (χ0) is 10.6. The van der Waals surface area contributed by atoms with E-state index in [0.29, 0.717) is 5.92 Å². The summed E-state index contributed by atoms with van der Waals surface area (Å²) in [6.45, 7) is 5.64. The quantitative estimate of drug-likeness (QED) is 0.628. The molecule has 82 valence electrons. The third-order valence-electron chi connectivity index (χ3n) is 2.79. The Bertz CT molecular complexity index is 190. The monoisotopic (exact) mass is 199 g/mol. The largest absolute Gasteiger partial charge is 0.355 e. The number of hydrogen-bond acceptors (Lipinski definition) is 3. The molecule has 1 unspecified atom stereocenters. The van der Waals surface area contributed by atoms with Crippen LogP contribution < -0.4 is 10.6 Å². The van der Waals surface area contributed by atoms with E-state index in [2.05, 4.69) is 15.5 Å². The first-order valence-electron chi connectivity index (χ1n) is 5.24. The van der Waals surface area contributed by atoms with Crippen LogP contribution in [0.25, 0.3) is 0 Å². The number of rotatable bonds is 5. The van der Waals surface area contributed by atoms with E-state index < -0.39 is 0 Å². The van der Waals surface area contributed by atoms with Gasteiger partial charge in [-0.2, -0.15) is 0 Å². The maximum atomic E-state index is 11.6. The van der Waals surface area contributed by atoms with Crippen molar-refractivity contribution >= 4 is 5.91 Å². The second kappa shape index (κ2) is 5.32. The summed E-state index contributed by atoms with van der Waals surface area (Å²) in [4.78, 5) is 13.7. The third-order valence-corrected chi connectivity index (χ3v) is 2.79. The zero-order valence-corrected chi connectivity index (χ0v) is 9.34. The lowest BCUT2D eigenvalue weighted by Gasteiger charge is -2.31. The van der Waals surface area contributed by atoms with Crippen LogP contribution in [0.2, 0.25) is 0 Å². The summed E-state index contributed by atoms with van der Waals surface area (Å²) in [5, 5.41) is 6.14. The Kier molecular flexibility index (Phi) is 4.35. The molecule has 1 atom stereocenters. The molecule has 14 heavy (non-hydrogen) atoms. The predicted octanol–water partition coefficient (Wildman–Crippen LogP) is -0.480. The minimum absolute atomic E-state index is 0.151. The van der Waals surface area contributed by atoms with Crippen LogP contribution in [0.5, 0.6) is 0 Å². The van der Waals surface area contributed by atoms with Gasteiger partial charge in [-0.3, -0.25) is 4.79 Å². The van der Waals surface area contributed by atoms with Crippen LogP contribution in [0.15, 0.2) is 0 Å². The molecular weight excluding hydrogens is 178 g/mol. The Morgan fingerprint density at radius 3 is 2.64 bits per heavy atom. The van der Waals surface area contributed by atoms with Gasteiger partial charge in [-0.05, 0) is 33.1 Å². The fourth-order valence-electron chi connectivity index (χ4n) is 1.44. The molecule has 4 heteroatoms. The number of amides is 1. The number of carbonyl (C=O) groups excluding carboxylic acids is 1. The highest BCUT2D eigenvalue weighted by atomic mass is 16.1. The van der Waals surface area contributed by atoms with Crippen molar-refractivity contribution in [1.29, 1.82) is 0 Å². The van der Waals surface area contributed by atoms with Gasteiger partial charge in [-0.15, -0.1) is 0 Å². The first-order valence-corrected chi connectivity index (χ1v) is 5.24. The molecule has 0 aromatic heterocycles. The van der Waals surface area contributed by atoms with Gasteiger partial charge >= 0.3 is 0 Å². The number of nitrogens with one attached hydrogen (secondary N) is 2. The van der Waals surface area contributed by atoms with Crippen molar-refractivity contribution in [3.05, 3.63) is 0 Å². The van der Waals surface area contributed by atoms with Crippen molar-refractivity contribution in [2.75, 3.05) is 40.3 Å². The molecule has 1 fully saturated rings. The molecule has 1 saturated heterocycles. The number of carbonyl (C=O) groups is 1. The number of hydrogen-bond donors (Lipinski definition) is 2. The first-order chi connectivity index (χ1) is 6.61. The summed E-state index contributed by atoms with van der Waals surface area (Å²) in [5.41, 5.74) is 0. The molecule has 0 aromatic carbocycles. The minimum Gasteiger partial charge on any atom is -0.355 e. The molecule has 4 nitrogen and oxygen atoms in total. The maximum Gasteiger partial charge on any atom is 0.223 e. The first kappa shape index (κ1) is 11.5. The topological polar surface area (TPSA) is 44.4 Å².